The molecule has 6 nitrogen and oxygen atoms in total. The number of carbonyl (C=O) groups is 1. The highest BCUT2D eigenvalue weighted by Gasteiger charge is 2.13. The highest BCUT2D eigenvalue weighted by atomic mass is 16.1. The predicted octanol–water partition coefficient (Wildman–Crippen LogP) is 3.36. The molecular formula is C21H19N5O. The van der Waals surface area contributed by atoms with Crippen molar-refractivity contribution in [1.29, 1.82) is 0 Å². The first-order chi connectivity index (χ1) is 13.1. The third-order valence-corrected chi connectivity index (χ3v) is 4.44. The Morgan fingerprint density at radius 1 is 1.11 bits per heavy atom. The summed E-state index contributed by atoms with van der Waals surface area (Å²) in [6.45, 7) is 4.24. The van der Waals surface area contributed by atoms with Crippen molar-refractivity contribution in [3.63, 3.8) is 0 Å². The highest BCUT2D eigenvalue weighted by Crippen LogP contribution is 2.18. The number of fused-ring (bicyclic) bond motifs is 1. The Morgan fingerprint density at radius 2 is 2.00 bits per heavy atom. The number of hydrogen-bond donors (Lipinski definition) is 1. The van der Waals surface area contributed by atoms with Crippen molar-refractivity contribution in [2.24, 2.45) is 0 Å². The zero-order chi connectivity index (χ0) is 18.8. The maximum atomic E-state index is 12.8. The standard InChI is InChI=1S/C21H19N5O/c1-14-6-7-16-12-18(15(2)25-19(16)11-14)21(27)23-13-17-5-3-8-22-20(17)26-10-4-9-24-26/h3-12H,13H2,1-2H3,(H,23,27). The Morgan fingerprint density at radius 3 is 2.81 bits per heavy atom. The van der Waals surface area contributed by atoms with Gasteiger partial charge < -0.3 is 5.32 Å². The lowest BCUT2D eigenvalue weighted by Crippen LogP contribution is -2.25. The van der Waals surface area contributed by atoms with E-state index >= 15 is 0 Å². The molecule has 6 heteroatoms. The van der Waals surface area contributed by atoms with E-state index in [1.54, 1.807) is 17.1 Å². The monoisotopic (exact) mass is 357 g/mol. The summed E-state index contributed by atoms with van der Waals surface area (Å²) >= 11 is 0. The highest BCUT2D eigenvalue weighted by molar-refractivity contribution is 5.98. The van der Waals surface area contributed by atoms with E-state index in [0.717, 1.165) is 22.0 Å². The van der Waals surface area contributed by atoms with Gasteiger partial charge in [-0.25, -0.2) is 9.67 Å². The zero-order valence-electron chi connectivity index (χ0n) is 15.2. The first-order valence-corrected chi connectivity index (χ1v) is 8.72. The Kier molecular flexibility index (Phi) is 4.38. The summed E-state index contributed by atoms with van der Waals surface area (Å²) in [7, 11) is 0. The second kappa shape index (κ2) is 6.99. The molecule has 4 aromatic rings. The van der Waals surface area contributed by atoms with Crippen molar-refractivity contribution < 1.29 is 4.79 Å². The second-order valence-electron chi connectivity index (χ2n) is 6.44. The van der Waals surface area contributed by atoms with E-state index in [-0.39, 0.29) is 5.91 Å². The Balaban J connectivity index is 1.58. The summed E-state index contributed by atoms with van der Waals surface area (Å²) in [6, 6.07) is 13.5. The molecule has 134 valence electrons. The number of amides is 1. The molecule has 4 rings (SSSR count). The van der Waals surface area contributed by atoms with Crippen LogP contribution < -0.4 is 5.32 Å². The van der Waals surface area contributed by atoms with Gasteiger partial charge in [0.05, 0.1) is 16.8 Å². The molecule has 0 saturated heterocycles. The summed E-state index contributed by atoms with van der Waals surface area (Å²) in [5.41, 5.74) is 4.23. The van der Waals surface area contributed by atoms with Crippen LogP contribution in [0.5, 0.6) is 0 Å². The molecule has 1 N–H and O–H groups in total. The number of carbonyl (C=O) groups excluding carboxylic acids is 1. The van der Waals surface area contributed by atoms with Gasteiger partial charge in [-0.05, 0) is 43.7 Å². The summed E-state index contributed by atoms with van der Waals surface area (Å²) in [5.74, 6) is 0.546. The van der Waals surface area contributed by atoms with E-state index in [4.69, 9.17) is 0 Å². The quantitative estimate of drug-likeness (QED) is 0.608. The minimum atomic E-state index is -0.155. The largest absolute Gasteiger partial charge is 0.348 e. The molecule has 0 bridgehead atoms. The maximum absolute atomic E-state index is 12.8. The molecular weight excluding hydrogens is 338 g/mol. The van der Waals surface area contributed by atoms with Gasteiger partial charge in [-0.2, -0.15) is 5.10 Å². The van der Waals surface area contributed by atoms with Gasteiger partial charge in [0.25, 0.3) is 5.91 Å². The average molecular weight is 357 g/mol. The van der Waals surface area contributed by atoms with E-state index in [1.807, 2.05) is 62.5 Å². The molecule has 0 unspecified atom stereocenters. The van der Waals surface area contributed by atoms with Gasteiger partial charge in [-0.3, -0.25) is 9.78 Å². The smallest absolute Gasteiger partial charge is 0.253 e. The van der Waals surface area contributed by atoms with Crippen molar-refractivity contribution in [1.82, 2.24) is 25.1 Å². The van der Waals surface area contributed by atoms with Crippen LogP contribution in [0.15, 0.2) is 61.1 Å². The first-order valence-electron chi connectivity index (χ1n) is 8.72. The SMILES string of the molecule is Cc1ccc2cc(C(=O)NCc3cccnc3-n3cccn3)c(C)nc2c1. The Hall–Kier alpha value is -3.54. The van der Waals surface area contributed by atoms with E-state index in [2.05, 4.69) is 20.4 Å². The number of hydrogen-bond acceptors (Lipinski definition) is 4. The fraction of sp³-hybridized carbons (Fsp3) is 0.143. The molecule has 27 heavy (non-hydrogen) atoms. The van der Waals surface area contributed by atoms with Crippen LogP contribution in [-0.2, 0) is 6.54 Å². The van der Waals surface area contributed by atoms with Crippen molar-refractivity contribution in [2.75, 3.05) is 0 Å². The van der Waals surface area contributed by atoms with Crippen LogP contribution in [-0.4, -0.2) is 25.7 Å². The average Bonchev–Trinajstić information content (AvgIpc) is 3.20. The first kappa shape index (κ1) is 16.9. The van der Waals surface area contributed by atoms with Crippen LogP contribution in [0, 0.1) is 13.8 Å². The molecule has 0 fully saturated rings. The van der Waals surface area contributed by atoms with Crippen molar-refractivity contribution in [3.05, 3.63) is 83.4 Å². The van der Waals surface area contributed by atoms with Gasteiger partial charge in [0.15, 0.2) is 5.82 Å². The molecule has 0 aliphatic rings. The molecule has 0 spiro atoms. The summed E-state index contributed by atoms with van der Waals surface area (Å²) in [6.07, 6.45) is 5.23. The molecule has 0 radical (unpaired) electrons. The minimum Gasteiger partial charge on any atom is -0.348 e. The predicted molar refractivity (Wildman–Crippen MR) is 104 cm³/mol. The Labute approximate surface area is 156 Å². The maximum Gasteiger partial charge on any atom is 0.253 e. The van der Waals surface area contributed by atoms with Crippen LogP contribution in [0.2, 0.25) is 0 Å². The van der Waals surface area contributed by atoms with Crippen molar-refractivity contribution in [2.45, 2.75) is 20.4 Å². The molecule has 3 aromatic heterocycles. The number of nitrogens with one attached hydrogen (secondary N) is 1. The molecule has 1 amide bonds. The van der Waals surface area contributed by atoms with Gasteiger partial charge in [0.1, 0.15) is 0 Å². The molecule has 0 aliphatic carbocycles. The lowest BCUT2D eigenvalue weighted by atomic mass is 10.1. The van der Waals surface area contributed by atoms with Crippen LogP contribution in [0.1, 0.15) is 27.2 Å². The van der Waals surface area contributed by atoms with Crippen LogP contribution >= 0.6 is 0 Å². The third-order valence-electron chi connectivity index (χ3n) is 4.44. The number of rotatable bonds is 4. The third kappa shape index (κ3) is 3.42. The summed E-state index contributed by atoms with van der Waals surface area (Å²) < 4.78 is 1.69. The van der Waals surface area contributed by atoms with Gasteiger partial charge in [0, 0.05) is 36.1 Å². The van der Waals surface area contributed by atoms with E-state index in [0.29, 0.717) is 23.6 Å². The molecule has 0 saturated carbocycles. The topological polar surface area (TPSA) is 72.7 Å². The van der Waals surface area contributed by atoms with E-state index < -0.39 is 0 Å². The number of aryl methyl sites for hydroxylation is 2. The van der Waals surface area contributed by atoms with Gasteiger partial charge in [-0.15, -0.1) is 0 Å². The van der Waals surface area contributed by atoms with Crippen LogP contribution in [0.3, 0.4) is 0 Å². The van der Waals surface area contributed by atoms with E-state index in [1.165, 1.54) is 0 Å². The van der Waals surface area contributed by atoms with Gasteiger partial charge in [0.2, 0.25) is 0 Å². The van der Waals surface area contributed by atoms with Crippen LogP contribution in [0.25, 0.3) is 16.7 Å². The van der Waals surface area contributed by atoms with Gasteiger partial charge in [-0.1, -0.05) is 18.2 Å². The lowest BCUT2D eigenvalue weighted by molar-refractivity contribution is 0.0950. The minimum absolute atomic E-state index is 0.155. The van der Waals surface area contributed by atoms with Crippen LogP contribution in [0.4, 0.5) is 0 Å². The Bertz CT molecular complexity index is 1120. The number of aromatic nitrogens is 4. The zero-order valence-corrected chi connectivity index (χ0v) is 15.2. The summed E-state index contributed by atoms with van der Waals surface area (Å²) in [5, 5.41) is 8.15. The van der Waals surface area contributed by atoms with E-state index in [9.17, 15) is 4.79 Å². The number of pyridine rings is 2. The number of nitrogens with zero attached hydrogens (tertiary/aromatic N) is 4. The number of benzene rings is 1. The van der Waals surface area contributed by atoms with Crippen molar-refractivity contribution in [3.8, 4) is 5.82 Å². The van der Waals surface area contributed by atoms with Gasteiger partial charge >= 0.3 is 0 Å². The molecule has 3 heterocycles. The fourth-order valence-electron chi connectivity index (χ4n) is 3.04. The fourth-order valence-corrected chi connectivity index (χ4v) is 3.04. The summed E-state index contributed by atoms with van der Waals surface area (Å²) in [4.78, 5) is 21.7. The molecule has 1 aromatic carbocycles. The van der Waals surface area contributed by atoms with Crippen molar-refractivity contribution >= 4 is 16.8 Å². The lowest BCUT2D eigenvalue weighted by Gasteiger charge is -2.11. The second-order valence-corrected chi connectivity index (χ2v) is 6.44. The molecule has 0 aliphatic heterocycles. The normalized spacial score (nSPS) is 10.9. The molecule has 0 atom stereocenters.